The van der Waals surface area contributed by atoms with Crippen LogP contribution in [0.3, 0.4) is 0 Å². The minimum atomic E-state index is -6.64. The van der Waals surface area contributed by atoms with Gasteiger partial charge in [0.25, 0.3) is 0 Å². The predicted molar refractivity (Wildman–Crippen MR) is 89.3 cm³/mol. The summed E-state index contributed by atoms with van der Waals surface area (Å²) in [4.78, 5) is 0. The Morgan fingerprint density at radius 1 is 0.933 bits per heavy atom. The predicted octanol–water partition coefficient (Wildman–Crippen LogP) is 3.70. The van der Waals surface area contributed by atoms with Crippen molar-refractivity contribution in [3.05, 3.63) is 30.3 Å². The van der Waals surface area contributed by atoms with Gasteiger partial charge in [0.1, 0.15) is 0 Å². The molecule has 0 unspecified atom stereocenters. The van der Waals surface area contributed by atoms with Crippen LogP contribution in [0.1, 0.15) is 13.8 Å². The molecule has 0 spiro atoms. The van der Waals surface area contributed by atoms with E-state index in [0.717, 1.165) is 0 Å². The van der Waals surface area contributed by atoms with Gasteiger partial charge in [-0.25, -0.2) is 8.78 Å². The van der Waals surface area contributed by atoms with Gasteiger partial charge in [-0.2, -0.15) is 26.3 Å². The molecule has 0 aliphatic heterocycles. The van der Waals surface area contributed by atoms with Gasteiger partial charge in [-0.3, -0.25) is 0 Å². The first kappa shape index (κ1) is 26.7. The van der Waals surface area contributed by atoms with Crippen LogP contribution in [0.5, 0.6) is 0 Å². The average Bonchev–Trinajstić information content (AvgIpc) is 2.68. The van der Waals surface area contributed by atoms with E-state index in [2.05, 4.69) is 0 Å². The van der Waals surface area contributed by atoms with Crippen LogP contribution in [0.4, 0.5) is 35.1 Å². The number of benzene rings is 1. The molecule has 1 aromatic carbocycles. The van der Waals surface area contributed by atoms with Crippen LogP contribution in [-0.2, 0) is 18.5 Å². The largest absolute Gasteiger partial charge is 0.537 e. The standard InChI is InChI=1S/C16H20F8NO4Si/c1-3-27-30(28-4-2,12-8-6-5-7-9-12)29-11-10-25(26)16(23,24)15(21,22)14(19,20)13(17)18/h5-9,13H,3-4,10-11H2,1-2H3. The third kappa shape index (κ3) is 5.29. The maximum absolute atomic E-state index is 13.6. The number of hydrogen-bond donors (Lipinski definition) is 0. The Labute approximate surface area is 168 Å². The molecule has 1 radical (unpaired) electrons. The monoisotopic (exact) mass is 470 g/mol. The van der Waals surface area contributed by atoms with Crippen LogP contribution in [0.15, 0.2) is 30.3 Å². The molecule has 0 N–H and O–H groups in total. The zero-order valence-corrected chi connectivity index (χ0v) is 16.9. The van der Waals surface area contributed by atoms with Gasteiger partial charge in [0.05, 0.1) is 13.2 Å². The van der Waals surface area contributed by atoms with E-state index in [-0.39, 0.29) is 13.2 Å². The Balaban J connectivity index is 3.00. The third-order valence-corrected chi connectivity index (χ3v) is 6.73. The van der Waals surface area contributed by atoms with Crippen LogP contribution in [0.2, 0.25) is 0 Å². The Kier molecular flexibility index (Phi) is 9.19. The van der Waals surface area contributed by atoms with Gasteiger partial charge in [-0.15, -0.1) is 5.21 Å². The number of rotatable bonds is 13. The van der Waals surface area contributed by atoms with Gasteiger partial charge in [0.2, 0.25) is 0 Å². The molecule has 0 bridgehead atoms. The number of hydrogen-bond acceptors (Lipinski definition) is 4. The van der Waals surface area contributed by atoms with Crippen LogP contribution >= 0.6 is 0 Å². The molecule has 0 fully saturated rings. The maximum atomic E-state index is 13.6. The van der Waals surface area contributed by atoms with E-state index in [1.165, 1.54) is 12.1 Å². The summed E-state index contributed by atoms with van der Waals surface area (Å²) in [6.07, 6.45) is -5.11. The minimum absolute atomic E-state index is 0.0387. The molecule has 1 aromatic rings. The van der Waals surface area contributed by atoms with E-state index < -0.39 is 51.3 Å². The number of alkyl halides is 8. The summed E-state index contributed by atoms with van der Waals surface area (Å²) >= 11 is 0. The number of halogens is 8. The topological polar surface area (TPSA) is 50.8 Å². The van der Waals surface area contributed by atoms with E-state index in [0.29, 0.717) is 5.19 Å². The normalized spacial score (nSPS) is 14.0. The maximum Gasteiger partial charge on any atom is 0.537 e. The lowest BCUT2D eigenvalue weighted by Crippen LogP contribution is -2.64. The van der Waals surface area contributed by atoms with Gasteiger partial charge < -0.3 is 13.3 Å². The molecule has 1 rings (SSSR count). The lowest BCUT2D eigenvalue weighted by atomic mass is 10.1. The second-order valence-electron chi connectivity index (χ2n) is 5.78. The summed E-state index contributed by atoms with van der Waals surface area (Å²) in [5.41, 5.74) is 0. The number of nitrogens with zero attached hydrogens (tertiary/aromatic N) is 1. The van der Waals surface area contributed by atoms with Crippen LogP contribution in [-0.4, -0.2) is 64.6 Å². The first-order chi connectivity index (χ1) is 13.8. The van der Waals surface area contributed by atoms with Gasteiger partial charge >= 0.3 is 33.1 Å². The van der Waals surface area contributed by atoms with Gasteiger partial charge in [-0.05, 0) is 13.8 Å². The van der Waals surface area contributed by atoms with Gasteiger partial charge in [0, 0.05) is 18.4 Å². The molecule has 0 aliphatic carbocycles. The van der Waals surface area contributed by atoms with E-state index in [9.17, 15) is 40.3 Å². The van der Waals surface area contributed by atoms with E-state index in [1.54, 1.807) is 32.0 Å². The third-order valence-electron chi connectivity index (χ3n) is 3.77. The fraction of sp³-hybridized carbons (Fsp3) is 0.625. The van der Waals surface area contributed by atoms with Crippen molar-refractivity contribution in [1.82, 2.24) is 5.06 Å². The highest BCUT2D eigenvalue weighted by Crippen LogP contribution is 2.49. The summed E-state index contributed by atoms with van der Waals surface area (Å²) in [5, 5.41) is 10.1. The summed E-state index contributed by atoms with van der Waals surface area (Å²) in [5.74, 6) is -13.1. The summed E-state index contributed by atoms with van der Waals surface area (Å²) in [6, 6.07) is 1.73. The van der Waals surface area contributed by atoms with Crippen molar-refractivity contribution in [2.75, 3.05) is 26.4 Å². The Morgan fingerprint density at radius 2 is 1.43 bits per heavy atom. The second-order valence-corrected chi connectivity index (χ2v) is 8.33. The van der Waals surface area contributed by atoms with Crippen molar-refractivity contribution in [3.8, 4) is 0 Å². The molecule has 0 saturated carbocycles. The highest BCUT2D eigenvalue weighted by atomic mass is 28.4. The lowest BCUT2D eigenvalue weighted by Gasteiger charge is -2.35. The van der Waals surface area contributed by atoms with Crippen molar-refractivity contribution in [2.45, 2.75) is 38.2 Å². The SMILES string of the molecule is CCO[Si](OCC)(OCCN([O])C(F)(F)C(F)(F)C(F)(F)C(F)F)c1ccccc1. The Bertz CT molecular complexity index is 647. The average molecular weight is 470 g/mol. The molecule has 0 aliphatic rings. The van der Waals surface area contributed by atoms with Crippen molar-refractivity contribution in [2.24, 2.45) is 0 Å². The molecule has 0 aromatic heterocycles. The zero-order chi connectivity index (χ0) is 23.2. The first-order valence-corrected chi connectivity index (χ1v) is 10.4. The summed E-state index contributed by atoms with van der Waals surface area (Å²) in [7, 11) is -3.76. The van der Waals surface area contributed by atoms with Crippen LogP contribution < -0.4 is 5.19 Å². The van der Waals surface area contributed by atoms with Crippen LogP contribution in [0.25, 0.3) is 0 Å². The summed E-state index contributed by atoms with van der Waals surface area (Å²) < 4.78 is 120. The zero-order valence-electron chi connectivity index (χ0n) is 15.9. The van der Waals surface area contributed by atoms with E-state index in [4.69, 9.17) is 13.3 Å². The van der Waals surface area contributed by atoms with E-state index in [1.807, 2.05) is 0 Å². The molecular weight excluding hydrogens is 450 g/mol. The molecule has 0 heterocycles. The molecule has 0 amide bonds. The highest BCUT2D eigenvalue weighted by Gasteiger charge is 2.77. The van der Waals surface area contributed by atoms with Crippen molar-refractivity contribution >= 4 is 14.0 Å². The fourth-order valence-electron chi connectivity index (χ4n) is 2.29. The molecule has 14 heteroatoms. The molecular formula is C16H20F8NO4Si. The second kappa shape index (κ2) is 10.3. The van der Waals surface area contributed by atoms with Crippen molar-refractivity contribution in [1.29, 1.82) is 0 Å². The van der Waals surface area contributed by atoms with Crippen LogP contribution in [0, 0.1) is 0 Å². The molecule has 0 atom stereocenters. The fourth-order valence-corrected chi connectivity index (χ4v) is 4.77. The molecule has 30 heavy (non-hydrogen) atoms. The highest BCUT2D eigenvalue weighted by molar-refractivity contribution is 6.75. The Morgan fingerprint density at radius 3 is 1.87 bits per heavy atom. The number of hydroxylamine groups is 2. The molecule has 5 nitrogen and oxygen atoms in total. The summed E-state index contributed by atoms with van der Waals surface area (Å²) in [6.45, 7) is 0.663. The van der Waals surface area contributed by atoms with Crippen molar-refractivity contribution < 1.29 is 53.6 Å². The quantitative estimate of drug-likeness (QED) is 0.191. The first-order valence-electron chi connectivity index (χ1n) is 8.63. The smallest absolute Gasteiger partial charge is 0.370 e. The van der Waals surface area contributed by atoms with Gasteiger partial charge in [-0.1, -0.05) is 35.4 Å². The molecule has 0 saturated heterocycles. The van der Waals surface area contributed by atoms with Gasteiger partial charge in [0.15, 0.2) is 0 Å². The van der Waals surface area contributed by atoms with E-state index >= 15 is 0 Å². The lowest BCUT2D eigenvalue weighted by molar-refractivity contribution is -0.434. The Hall–Kier alpha value is -1.32. The van der Waals surface area contributed by atoms with Crippen molar-refractivity contribution in [3.63, 3.8) is 0 Å². The minimum Gasteiger partial charge on any atom is -0.370 e. The molecule has 173 valence electrons.